The van der Waals surface area contributed by atoms with E-state index in [1.807, 2.05) is 12.1 Å². The first-order valence-electron chi connectivity index (χ1n) is 7.41. The third-order valence-electron chi connectivity index (χ3n) is 3.92. The van der Waals surface area contributed by atoms with Gasteiger partial charge in [-0.25, -0.2) is 0 Å². The molecule has 0 spiro atoms. The second kappa shape index (κ2) is 6.70. The Kier molecular flexibility index (Phi) is 4.48. The van der Waals surface area contributed by atoms with Crippen molar-refractivity contribution in [2.75, 3.05) is 7.11 Å². The minimum Gasteiger partial charge on any atom is -0.375 e. The lowest BCUT2D eigenvalue weighted by Gasteiger charge is -2.23. The van der Waals surface area contributed by atoms with Crippen molar-refractivity contribution in [3.8, 4) is 0 Å². The molecule has 0 radical (unpaired) electrons. The summed E-state index contributed by atoms with van der Waals surface area (Å²) in [5.74, 6) is 0.947. The summed E-state index contributed by atoms with van der Waals surface area (Å²) < 4.78 is 9.90. The van der Waals surface area contributed by atoms with E-state index in [0.717, 1.165) is 19.3 Å². The fourth-order valence-corrected chi connectivity index (χ4v) is 2.78. The van der Waals surface area contributed by atoms with Crippen LogP contribution in [0.15, 0.2) is 28.8 Å². The molecule has 1 aromatic heterocycles. The smallest absolute Gasteiger partial charge is 0.252 e. The van der Waals surface area contributed by atoms with Crippen LogP contribution in [0.3, 0.4) is 0 Å². The van der Waals surface area contributed by atoms with Gasteiger partial charge in [0.15, 0.2) is 5.82 Å². The Labute approximate surface area is 128 Å². The second-order valence-electron chi connectivity index (χ2n) is 5.46. The Bertz CT molecular complexity index is 654. The fourth-order valence-electron chi connectivity index (χ4n) is 2.78. The number of carbonyl (C=O) groups is 1. The zero-order valence-corrected chi connectivity index (χ0v) is 12.5. The van der Waals surface area contributed by atoms with Crippen molar-refractivity contribution in [3.05, 3.63) is 47.1 Å². The lowest BCUT2D eigenvalue weighted by Crippen LogP contribution is -2.34. The van der Waals surface area contributed by atoms with Crippen LogP contribution in [-0.2, 0) is 35.5 Å². The quantitative estimate of drug-likeness (QED) is 0.908. The number of benzene rings is 1. The lowest BCUT2D eigenvalue weighted by atomic mass is 9.83. The number of aromatic nitrogens is 2. The Morgan fingerprint density at radius 1 is 1.41 bits per heavy atom. The Morgan fingerprint density at radius 2 is 2.23 bits per heavy atom. The second-order valence-corrected chi connectivity index (χ2v) is 5.46. The molecular formula is C16H19N3O3. The van der Waals surface area contributed by atoms with Gasteiger partial charge in [-0.1, -0.05) is 29.4 Å². The van der Waals surface area contributed by atoms with Gasteiger partial charge in [-0.2, -0.15) is 4.98 Å². The van der Waals surface area contributed by atoms with E-state index >= 15 is 0 Å². The van der Waals surface area contributed by atoms with Crippen LogP contribution in [0.25, 0.3) is 0 Å². The fraction of sp³-hybridized carbons (Fsp3) is 0.438. The molecule has 1 N–H and O–H groups in total. The van der Waals surface area contributed by atoms with Crippen molar-refractivity contribution in [1.82, 2.24) is 15.5 Å². The molecule has 1 aliphatic carbocycles. The molecule has 1 aliphatic rings. The average Bonchev–Trinajstić information content (AvgIpc) is 3.00. The third kappa shape index (κ3) is 3.33. The van der Waals surface area contributed by atoms with Gasteiger partial charge in [-0.15, -0.1) is 0 Å². The van der Waals surface area contributed by atoms with Crippen molar-refractivity contribution in [2.24, 2.45) is 5.92 Å². The Morgan fingerprint density at radius 3 is 3.05 bits per heavy atom. The van der Waals surface area contributed by atoms with Crippen molar-refractivity contribution in [3.63, 3.8) is 0 Å². The molecule has 1 atom stereocenters. The SMILES string of the molecule is COCc1nc(CNC(=O)[C@H]2CCc3ccccc3C2)no1. The van der Waals surface area contributed by atoms with Gasteiger partial charge < -0.3 is 14.6 Å². The van der Waals surface area contributed by atoms with Crippen LogP contribution >= 0.6 is 0 Å². The van der Waals surface area contributed by atoms with E-state index in [0.29, 0.717) is 11.7 Å². The molecule has 6 nitrogen and oxygen atoms in total. The summed E-state index contributed by atoms with van der Waals surface area (Å²) >= 11 is 0. The number of aryl methyl sites for hydroxylation is 1. The van der Waals surface area contributed by atoms with Gasteiger partial charge in [0.2, 0.25) is 5.91 Å². The number of rotatable bonds is 5. The van der Waals surface area contributed by atoms with Crippen LogP contribution in [0, 0.1) is 5.92 Å². The molecule has 0 saturated heterocycles. The maximum Gasteiger partial charge on any atom is 0.252 e. The maximum atomic E-state index is 12.3. The van der Waals surface area contributed by atoms with Crippen LogP contribution < -0.4 is 5.32 Å². The molecule has 0 bridgehead atoms. The number of fused-ring (bicyclic) bond motifs is 1. The molecule has 0 aliphatic heterocycles. The number of nitrogens with zero attached hydrogens (tertiary/aromatic N) is 2. The summed E-state index contributed by atoms with van der Waals surface area (Å²) in [6, 6.07) is 8.31. The van der Waals surface area contributed by atoms with Gasteiger partial charge >= 0.3 is 0 Å². The van der Waals surface area contributed by atoms with E-state index in [1.165, 1.54) is 11.1 Å². The zero-order chi connectivity index (χ0) is 15.4. The lowest BCUT2D eigenvalue weighted by molar-refractivity contribution is -0.125. The predicted octanol–water partition coefficient (Wildman–Crippen LogP) is 1.64. The first-order chi connectivity index (χ1) is 10.8. The molecule has 0 fully saturated rings. The maximum absolute atomic E-state index is 12.3. The molecule has 2 aromatic rings. The van der Waals surface area contributed by atoms with Crippen LogP contribution in [0.5, 0.6) is 0 Å². The number of ether oxygens (including phenoxy) is 1. The van der Waals surface area contributed by atoms with E-state index in [9.17, 15) is 4.79 Å². The minimum absolute atomic E-state index is 0.0141. The molecule has 3 rings (SSSR count). The molecular weight excluding hydrogens is 282 g/mol. The molecule has 0 saturated carbocycles. The minimum atomic E-state index is 0.0141. The van der Waals surface area contributed by atoms with Crippen LogP contribution in [0.2, 0.25) is 0 Å². The Balaban J connectivity index is 1.54. The average molecular weight is 301 g/mol. The van der Waals surface area contributed by atoms with E-state index < -0.39 is 0 Å². The number of nitrogens with one attached hydrogen (secondary N) is 1. The normalized spacial score (nSPS) is 17.0. The first-order valence-corrected chi connectivity index (χ1v) is 7.41. The predicted molar refractivity (Wildman–Crippen MR) is 78.8 cm³/mol. The highest BCUT2D eigenvalue weighted by Gasteiger charge is 2.24. The molecule has 6 heteroatoms. The number of carbonyl (C=O) groups excluding carboxylic acids is 1. The van der Waals surface area contributed by atoms with E-state index in [-0.39, 0.29) is 25.0 Å². The van der Waals surface area contributed by atoms with Gasteiger partial charge in [0.05, 0.1) is 6.54 Å². The number of methoxy groups -OCH3 is 1. The summed E-state index contributed by atoms with van der Waals surface area (Å²) in [6.45, 7) is 0.560. The van der Waals surface area contributed by atoms with Crippen molar-refractivity contribution >= 4 is 5.91 Å². The van der Waals surface area contributed by atoms with Gasteiger partial charge in [-0.3, -0.25) is 4.79 Å². The van der Waals surface area contributed by atoms with E-state index in [1.54, 1.807) is 7.11 Å². The van der Waals surface area contributed by atoms with Crippen LogP contribution in [-0.4, -0.2) is 23.2 Å². The Hall–Kier alpha value is -2.21. The molecule has 1 amide bonds. The number of hydrogen-bond donors (Lipinski definition) is 1. The molecule has 1 aromatic carbocycles. The highest BCUT2D eigenvalue weighted by molar-refractivity contribution is 5.79. The van der Waals surface area contributed by atoms with Crippen LogP contribution in [0.1, 0.15) is 29.3 Å². The summed E-state index contributed by atoms with van der Waals surface area (Å²) in [5.41, 5.74) is 2.63. The van der Waals surface area contributed by atoms with Crippen molar-refractivity contribution < 1.29 is 14.1 Å². The topological polar surface area (TPSA) is 77.2 Å². The molecule has 116 valence electrons. The van der Waals surface area contributed by atoms with Gasteiger partial charge in [0.1, 0.15) is 6.61 Å². The van der Waals surface area contributed by atoms with Gasteiger partial charge in [-0.05, 0) is 30.4 Å². The molecule has 22 heavy (non-hydrogen) atoms. The van der Waals surface area contributed by atoms with E-state index in [2.05, 4.69) is 27.6 Å². The largest absolute Gasteiger partial charge is 0.375 e. The van der Waals surface area contributed by atoms with E-state index in [4.69, 9.17) is 9.26 Å². The number of hydrogen-bond acceptors (Lipinski definition) is 5. The summed E-state index contributed by atoms with van der Waals surface area (Å²) in [4.78, 5) is 16.4. The van der Waals surface area contributed by atoms with Gasteiger partial charge in [0, 0.05) is 13.0 Å². The van der Waals surface area contributed by atoms with Crippen molar-refractivity contribution in [1.29, 1.82) is 0 Å². The summed E-state index contributed by atoms with van der Waals surface area (Å²) in [6.07, 6.45) is 2.63. The standard InChI is InChI=1S/C16H19N3O3/c1-21-10-15-18-14(19-22-15)9-17-16(20)13-7-6-11-4-2-3-5-12(11)8-13/h2-5,13H,6-10H2,1H3,(H,17,20)/t13-/m0/s1. The van der Waals surface area contributed by atoms with Crippen molar-refractivity contribution in [2.45, 2.75) is 32.4 Å². The third-order valence-corrected chi connectivity index (χ3v) is 3.92. The highest BCUT2D eigenvalue weighted by atomic mass is 16.5. The summed E-state index contributed by atoms with van der Waals surface area (Å²) in [5, 5.41) is 6.70. The number of amides is 1. The first kappa shape index (κ1) is 14.7. The highest BCUT2D eigenvalue weighted by Crippen LogP contribution is 2.25. The summed E-state index contributed by atoms with van der Waals surface area (Å²) in [7, 11) is 1.56. The monoisotopic (exact) mass is 301 g/mol. The molecule has 0 unspecified atom stereocenters. The molecule has 1 heterocycles. The van der Waals surface area contributed by atoms with Gasteiger partial charge in [0.25, 0.3) is 5.89 Å². The zero-order valence-electron chi connectivity index (χ0n) is 12.5. The van der Waals surface area contributed by atoms with Crippen LogP contribution in [0.4, 0.5) is 0 Å².